The molecule has 0 amide bonds. The van der Waals surface area contributed by atoms with Gasteiger partial charge in [-0.15, -0.1) is 0 Å². The van der Waals surface area contributed by atoms with Gasteiger partial charge in [0.2, 0.25) is 0 Å². The second-order valence-corrected chi connectivity index (χ2v) is 4.91. The van der Waals surface area contributed by atoms with Crippen molar-refractivity contribution in [3.8, 4) is 6.07 Å². The van der Waals surface area contributed by atoms with E-state index in [9.17, 15) is 0 Å². The molecule has 0 spiro atoms. The minimum Gasteiger partial charge on any atom is -0.332 e. The van der Waals surface area contributed by atoms with E-state index in [-0.39, 0.29) is 0 Å². The molecule has 0 radical (unpaired) electrons. The van der Waals surface area contributed by atoms with Gasteiger partial charge in [-0.25, -0.2) is 0 Å². The van der Waals surface area contributed by atoms with Gasteiger partial charge in [0.1, 0.15) is 4.99 Å². The van der Waals surface area contributed by atoms with Gasteiger partial charge >= 0.3 is 0 Å². The van der Waals surface area contributed by atoms with E-state index in [2.05, 4.69) is 29.2 Å². The lowest BCUT2D eigenvalue weighted by molar-refractivity contribution is 0.912. The summed E-state index contributed by atoms with van der Waals surface area (Å²) in [5.41, 5.74) is 4.19. The molecule has 19 heavy (non-hydrogen) atoms. The van der Waals surface area contributed by atoms with Gasteiger partial charge in [0, 0.05) is 17.8 Å². The average Bonchev–Trinajstić information content (AvgIpc) is 2.48. The molecule has 0 atom stereocenters. The van der Waals surface area contributed by atoms with E-state index < -0.39 is 0 Å². The van der Waals surface area contributed by atoms with Gasteiger partial charge < -0.3 is 4.90 Å². The third-order valence-electron chi connectivity index (χ3n) is 3.41. The molecule has 0 saturated heterocycles. The molecule has 0 fully saturated rings. The molecule has 2 aromatic rings. The highest BCUT2D eigenvalue weighted by Crippen LogP contribution is 2.25. The van der Waals surface area contributed by atoms with Crippen LogP contribution in [0.15, 0.2) is 48.5 Å². The van der Waals surface area contributed by atoms with Gasteiger partial charge in [-0.3, -0.25) is 0 Å². The van der Waals surface area contributed by atoms with E-state index in [0.717, 1.165) is 29.2 Å². The average molecular weight is 264 g/mol. The van der Waals surface area contributed by atoms with Gasteiger partial charge in [0.05, 0.1) is 11.6 Å². The predicted molar refractivity (Wildman–Crippen MR) is 80.3 cm³/mol. The molecule has 3 heteroatoms. The van der Waals surface area contributed by atoms with Crippen molar-refractivity contribution >= 4 is 22.9 Å². The summed E-state index contributed by atoms with van der Waals surface area (Å²) in [4.78, 5) is 3.00. The zero-order valence-electron chi connectivity index (χ0n) is 10.3. The Morgan fingerprint density at radius 3 is 2.53 bits per heavy atom. The van der Waals surface area contributed by atoms with Gasteiger partial charge in [0.15, 0.2) is 0 Å². The molecule has 1 heterocycles. The monoisotopic (exact) mass is 264 g/mol. The van der Waals surface area contributed by atoms with E-state index in [4.69, 9.17) is 17.5 Å². The summed E-state index contributed by atoms with van der Waals surface area (Å²) in [7, 11) is 0. The molecule has 3 rings (SSSR count). The number of nitrogens with zero attached hydrogens (tertiary/aromatic N) is 2. The minimum absolute atomic E-state index is 0.673. The van der Waals surface area contributed by atoms with Crippen LogP contribution in [0.5, 0.6) is 0 Å². The minimum atomic E-state index is 0.673. The highest BCUT2D eigenvalue weighted by Gasteiger charge is 2.21. The fourth-order valence-electron chi connectivity index (χ4n) is 2.39. The first-order valence-corrected chi connectivity index (χ1v) is 6.60. The second-order valence-electron chi connectivity index (χ2n) is 4.52. The first kappa shape index (κ1) is 11.9. The molecule has 0 aliphatic carbocycles. The molecule has 92 valence electrons. The number of nitriles is 1. The fourth-order valence-corrected chi connectivity index (χ4v) is 2.78. The highest BCUT2D eigenvalue weighted by atomic mass is 32.1. The maximum absolute atomic E-state index is 8.83. The molecular weight excluding hydrogens is 252 g/mol. The lowest BCUT2D eigenvalue weighted by atomic mass is 9.99. The Morgan fingerprint density at radius 2 is 1.79 bits per heavy atom. The first-order chi connectivity index (χ1) is 9.29. The molecule has 0 N–H and O–H groups in total. The molecular formula is C16H12N2S. The van der Waals surface area contributed by atoms with Crippen molar-refractivity contribution in [3.63, 3.8) is 0 Å². The van der Waals surface area contributed by atoms with E-state index in [0.29, 0.717) is 5.56 Å². The summed E-state index contributed by atoms with van der Waals surface area (Å²) >= 11 is 5.59. The smallest absolute Gasteiger partial charge is 0.113 e. The number of hydrogen-bond donors (Lipinski definition) is 0. The Kier molecular flexibility index (Phi) is 3.02. The first-order valence-electron chi connectivity index (χ1n) is 6.19. The molecule has 1 aliphatic heterocycles. The zero-order chi connectivity index (χ0) is 13.2. The van der Waals surface area contributed by atoms with E-state index >= 15 is 0 Å². The van der Waals surface area contributed by atoms with Crippen LogP contribution in [0.1, 0.15) is 16.7 Å². The van der Waals surface area contributed by atoms with Crippen molar-refractivity contribution in [2.75, 3.05) is 11.4 Å². The lowest BCUT2D eigenvalue weighted by Gasteiger charge is -2.31. The second kappa shape index (κ2) is 4.83. The van der Waals surface area contributed by atoms with Crippen LogP contribution in [0.4, 0.5) is 5.69 Å². The van der Waals surface area contributed by atoms with Crippen LogP contribution in [0.25, 0.3) is 0 Å². The molecule has 2 nitrogen and oxygen atoms in total. The third kappa shape index (κ3) is 2.11. The summed E-state index contributed by atoms with van der Waals surface area (Å²) in [6.45, 7) is 0.891. The van der Waals surface area contributed by atoms with Crippen molar-refractivity contribution < 1.29 is 0 Å². The topological polar surface area (TPSA) is 27.0 Å². The van der Waals surface area contributed by atoms with Gasteiger partial charge in [0.25, 0.3) is 0 Å². The molecule has 0 saturated carbocycles. The number of benzene rings is 2. The van der Waals surface area contributed by atoms with Crippen molar-refractivity contribution in [1.82, 2.24) is 0 Å². The van der Waals surface area contributed by atoms with Crippen molar-refractivity contribution in [2.45, 2.75) is 6.42 Å². The number of anilines is 1. The Hall–Kier alpha value is -2.18. The van der Waals surface area contributed by atoms with Crippen LogP contribution >= 0.6 is 12.2 Å². The fraction of sp³-hybridized carbons (Fsp3) is 0.125. The molecule has 0 unspecified atom stereocenters. The Labute approximate surface area is 117 Å². The Morgan fingerprint density at radius 1 is 1.05 bits per heavy atom. The van der Waals surface area contributed by atoms with Crippen LogP contribution in [-0.2, 0) is 6.42 Å². The van der Waals surface area contributed by atoms with E-state index in [1.165, 1.54) is 5.56 Å². The Bertz CT molecular complexity index is 668. The summed E-state index contributed by atoms with van der Waals surface area (Å²) in [6, 6.07) is 18.0. The van der Waals surface area contributed by atoms with E-state index in [1.807, 2.05) is 30.3 Å². The van der Waals surface area contributed by atoms with Crippen molar-refractivity contribution in [3.05, 3.63) is 65.2 Å². The van der Waals surface area contributed by atoms with Crippen molar-refractivity contribution in [1.29, 1.82) is 5.26 Å². The standard InChI is InChI=1S/C16H12N2S/c17-11-12-5-7-14(8-6-12)18-10-9-13-3-1-2-4-15(13)16(18)19/h1-8H,9-10H2. The molecule has 1 aliphatic rings. The number of rotatable bonds is 1. The van der Waals surface area contributed by atoms with Crippen LogP contribution in [-0.4, -0.2) is 11.5 Å². The third-order valence-corrected chi connectivity index (χ3v) is 3.85. The lowest BCUT2D eigenvalue weighted by Crippen LogP contribution is -2.36. The van der Waals surface area contributed by atoms with Gasteiger partial charge in [-0.2, -0.15) is 5.26 Å². The highest BCUT2D eigenvalue weighted by molar-refractivity contribution is 7.81. The summed E-state index contributed by atoms with van der Waals surface area (Å²) in [6.07, 6.45) is 0.996. The summed E-state index contributed by atoms with van der Waals surface area (Å²) in [5, 5.41) is 8.83. The Balaban J connectivity index is 1.95. The van der Waals surface area contributed by atoms with Crippen LogP contribution in [0.2, 0.25) is 0 Å². The molecule has 2 aromatic carbocycles. The molecule has 0 aromatic heterocycles. The number of thiocarbonyl (C=S) groups is 1. The maximum Gasteiger partial charge on any atom is 0.113 e. The van der Waals surface area contributed by atoms with Crippen LogP contribution in [0.3, 0.4) is 0 Å². The SMILES string of the molecule is N#Cc1ccc(N2CCc3ccccc3C2=S)cc1. The van der Waals surface area contributed by atoms with Crippen molar-refractivity contribution in [2.24, 2.45) is 0 Å². The quantitative estimate of drug-likeness (QED) is 0.739. The number of fused-ring (bicyclic) bond motifs is 1. The van der Waals surface area contributed by atoms with Gasteiger partial charge in [-0.05, 0) is 36.2 Å². The molecule has 0 bridgehead atoms. The summed E-state index contributed by atoms with van der Waals surface area (Å²) < 4.78 is 0. The number of hydrogen-bond acceptors (Lipinski definition) is 2. The van der Waals surface area contributed by atoms with Crippen LogP contribution < -0.4 is 4.90 Å². The summed E-state index contributed by atoms with van der Waals surface area (Å²) in [5.74, 6) is 0. The zero-order valence-corrected chi connectivity index (χ0v) is 11.2. The van der Waals surface area contributed by atoms with Gasteiger partial charge in [-0.1, -0.05) is 36.5 Å². The largest absolute Gasteiger partial charge is 0.332 e. The van der Waals surface area contributed by atoms with E-state index in [1.54, 1.807) is 0 Å². The normalized spacial score (nSPS) is 13.8. The van der Waals surface area contributed by atoms with Crippen LogP contribution in [0, 0.1) is 11.3 Å². The maximum atomic E-state index is 8.83. The predicted octanol–water partition coefficient (Wildman–Crippen LogP) is 3.30.